The van der Waals surface area contributed by atoms with Gasteiger partial charge in [-0.2, -0.15) is 13.7 Å². The van der Waals surface area contributed by atoms with Crippen LogP contribution in [0.1, 0.15) is 11.1 Å². The Morgan fingerprint density at radius 1 is 1.18 bits per heavy atom. The molecule has 2 rings (SSSR count). The molecule has 0 heterocycles. The summed E-state index contributed by atoms with van der Waals surface area (Å²) in [7, 11) is -4.13. The molecule has 0 fully saturated rings. The number of rotatable bonds is 4. The smallest absolute Gasteiger partial charge is 0.339 e. The molecular formula is C14H10N2O5S. The Labute approximate surface area is 126 Å². The zero-order valence-corrected chi connectivity index (χ0v) is 12.2. The van der Waals surface area contributed by atoms with E-state index >= 15 is 0 Å². The van der Waals surface area contributed by atoms with E-state index in [1.165, 1.54) is 30.3 Å². The lowest BCUT2D eigenvalue weighted by molar-refractivity contribution is -0.384. The van der Waals surface area contributed by atoms with Gasteiger partial charge >= 0.3 is 10.1 Å². The van der Waals surface area contributed by atoms with Crippen LogP contribution in [0, 0.1) is 28.4 Å². The van der Waals surface area contributed by atoms with Gasteiger partial charge in [0.2, 0.25) is 0 Å². The third-order valence-electron chi connectivity index (χ3n) is 2.84. The fraction of sp³-hybridized carbons (Fsp3) is 0.0714. The van der Waals surface area contributed by atoms with Crippen LogP contribution in [0.4, 0.5) is 5.69 Å². The van der Waals surface area contributed by atoms with Crippen molar-refractivity contribution in [3.05, 3.63) is 63.7 Å². The van der Waals surface area contributed by atoms with Crippen LogP contribution in [0.15, 0.2) is 47.4 Å². The molecule has 0 radical (unpaired) electrons. The molecule has 7 nitrogen and oxygen atoms in total. The largest absolute Gasteiger partial charge is 0.379 e. The first-order chi connectivity index (χ1) is 10.3. The second kappa shape index (κ2) is 5.83. The zero-order valence-electron chi connectivity index (χ0n) is 11.4. The molecule has 0 aliphatic heterocycles. The normalized spacial score (nSPS) is 10.7. The average Bonchev–Trinajstić information content (AvgIpc) is 2.47. The van der Waals surface area contributed by atoms with Crippen LogP contribution >= 0.6 is 0 Å². The van der Waals surface area contributed by atoms with Crippen molar-refractivity contribution in [2.45, 2.75) is 11.8 Å². The number of non-ortho nitro benzene ring substituents is 1. The number of hydrogen-bond donors (Lipinski definition) is 0. The van der Waals surface area contributed by atoms with Crippen LogP contribution in [-0.4, -0.2) is 13.3 Å². The first kappa shape index (κ1) is 15.5. The van der Waals surface area contributed by atoms with E-state index in [1.807, 2.05) is 6.07 Å². The van der Waals surface area contributed by atoms with Gasteiger partial charge in [0.15, 0.2) is 0 Å². The first-order valence-electron chi connectivity index (χ1n) is 6.03. The number of benzene rings is 2. The summed E-state index contributed by atoms with van der Waals surface area (Å²) >= 11 is 0. The van der Waals surface area contributed by atoms with E-state index in [2.05, 4.69) is 0 Å². The number of nitriles is 1. The highest BCUT2D eigenvalue weighted by molar-refractivity contribution is 7.87. The van der Waals surface area contributed by atoms with E-state index in [-0.39, 0.29) is 21.9 Å². The maximum Gasteiger partial charge on any atom is 0.339 e. The van der Waals surface area contributed by atoms with E-state index in [9.17, 15) is 18.5 Å². The summed E-state index contributed by atoms with van der Waals surface area (Å²) < 4.78 is 29.4. The molecule has 0 aliphatic carbocycles. The van der Waals surface area contributed by atoms with Gasteiger partial charge in [-0.05, 0) is 36.8 Å². The molecule has 2 aromatic rings. The summed E-state index contributed by atoms with van der Waals surface area (Å²) in [6.45, 7) is 1.58. The molecule has 0 aromatic heterocycles. The number of nitro benzene ring substituents is 1. The molecule has 0 amide bonds. The summed E-state index contributed by atoms with van der Waals surface area (Å²) in [6.07, 6.45) is 0. The quantitative estimate of drug-likeness (QED) is 0.486. The molecule has 2 aromatic carbocycles. The molecule has 0 N–H and O–H groups in total. The topological polar surface area (TPSA) is 110 Å². The highest BCUT2D eigenvalue weighted by Crippen LogP contribution is 2.24. The van der Waals surface area contributed by atoms with Crippen LogP contribution in [0.2, 0.25) is 0 Å². The third-order valence-corrected chi connectivity index (χ3v) is 4.23. The molecule has 0 spiro atoms. The molecule has 22 heavy (non-hydrogen) atoms. The van der Waals surface area contributed by atoms with Crippen LogP contribution in [0.25, 0.3) is 0 Å². The van der Waals surface area contributed by atoms with Gasteiger partial charge in [-0.3, -0.25) is 10.1 Å². The summed E-state index contributed by atoms with van der Waals surface area (Å²) in [4.78, 5) is 9.83. The summed E-state index contributed by atoms with van der Waals surface area (Å²) in [5.74, 6) is -0.0487. The summed E-state index contributed by atoms with van der Waals surface area (Å²) in [6, 6.07) is 10.8. The lowest BCUT2D eigenvalue weighted by atomic mass is 10.2. The van der Waals surface area contributed by atoms with E-state index in [1.54, 1.807) is 6.92 Å². The maximum atomic E-state index is 12.2. The maximum absolute atomic E-state index is 12.2. The molecule has 112 valence electrons. The molecule has 0 saturated heterocycles. The van der Waals surface area contributed by atoms with Crippen molar-refractivity contribution in [1.82, 2.24) is 0 Å². The standard InChI is InChI=1S/C14H10N2O5S/c1-10-2-3-11(9-15)8-14(10)22(19,20)21-13-6-4-12(5-7-13)16(17)18/h2-8H,1H3. The van der Waals surface area contributed by atoms with Crippen molar-refractivity contribution in [1.29, 1.82) is 5.26 Å². The predicted molar refractivity (Wildman–Crippen MR) is 76.8 cm³/mol. The van der Waals surface area contributed by atoms with Gasteiger partial charge in [0.05, 0.1) is 16.6 Å². The Morgan fingerprint density at radius 2 is 1.82 bits per heavy atom. The van der Waals surface area contributed by atoms with Crippen LogP contribution in [0.3, 0.4) is 0 Å². The van der Waals surface area contributed by atoms with Crippen molar-refractivity contribution in [2.24, 2.45) is 0 Å². The van der Waals surface area contributed by atoms with E-state index in [0.717, 1.165) is 12.1 Å². The molecule has 0 saturated carbocycles. The molecule has 0 unspecified atom stereocenters. The van der Waals surface area contributed by atoms with Gasteiger partial charge in [-0.15, -0.1) is 0 Å². The van der Waals surface area contributed by atoms with E-state index in [0.29, 0.717) is 5.56 Å². The highest BCUT2D eigenvalue weighted by atomic mass is 32.2. The van der Waals surface area contributed by atoms with Crippen molar-refractivity contribution in [3.63, 3.8) is 0 Å². The van der Waals surface area contributed by atoms with Gasteiger partial charge in [0.25, 0.3) is 5.69 Å². The minimum atomic E-state index is -4.13. The van der Waals surface area contributed by atoms with Gasteiger partial charge < -0.3 is 4.18 Å². The van der Waals surface area contributed by atoms with Gasteiger partial charge in [-0.25, -0.2) is 0 Å². The van der Waals surface area contributed by atoms with Gasteiger partial charge in [0.1, 0.15) is 10.6 Å². The summed E-state index contributed by atoms with van der Waals surface area (Å²) in [5, 5.41) is 19.4. The second-order valence-corrected chi connectivity index (χ2v) is 5.90. The zero-order chi connectivity index (χ0) is 16.3. The molecule has 0 aliphatic rings. The monoisotopic (exact) mass is 318 g/mol. The van der Waals surface area contributed by atoms with Crippen molar-refractivity contribution in [3.8, 4) is 11.8 Å². The molecule has 8 heteroatoms. The Kier molecular flexibility index (Phi) is 4.10. The van der Waals surface area contributed by atoms with E-state index in [4.69, 9.17) is 9.44 Å². The minimum Gasteiger partial charge on any atom is -0.379 e. The Hall–Kier alpha value is -2.92. The fourth-order valence-corrected chi connectivity index (χ4v) is 2.92. The number of hydrogen-bond acceptors (Lipinski definition) is 6. The highest BCUT2D eigenvalue weighted by Gasteiger charge is 2.20. The van der Waals surface area contributed by atoms with Crippen molar-refractivity contribution in [2.75, 3.05) is 0 Å². The second-order valence-electron chi connectivity index (χ2n) is 4.38. The van der Waals surface area contributed by atoms with Crippen molar-refractivity contribution >= 4 is 15.8 Å². The average molecular weight is 318 g/mol. The van der Waals surface area contributed by atoms with Gasteiger partial charge in [-0.1, -0.05) is 6.07 Å². The number of aryl methyl sites for hydroxylation is 1. The minimum absolute atomic E-state index is 0.0487. The Morgan fingerprint density at radius 3 is 2.36 bits per heavy atom. The SMILES string of the molecule is Cc1ccc(C#N)cc1S(=O)(=O)Oc1ccc([N+](=O)[O-])cc1. The van der Waals surface area contributed by atoms with Crippen LogP contribution < -0.4 is 4.18 Å². The third kappa shape index (κ3) is 3.21. The predicted octanol–water partition coefficient (Wildman–Crippen LogP) is 2.54. The van der Waals surface area contributed by atoms with Crippen LogP contribution in [-0.2, 0) is 10.1 Å². The Bertz CT molecular complexity index is 867. The number of nitro groups is 1. The first-order valence-corrected chi connectivity index (χ1v) is 7.44. The molecule has 0 atom stereocenters. The molecule has 0 bridgehead atoms. The van der Waals surface area contributed by atoms with Gasteiger partial charge in [0, 0.05) is 12.1 Å². The Balaban J connectivity index is 2.36. The van der Waals surface area contributed by atoms with E-state index < -0.39 is 15.0 Å². The fourth-order valence-electron chi connectivity index (χ4n) is 1.73. The van der Waals surface area contributed by atoms with Crippen molar-refractivity contribution < 1.29 is 17.5 Å². The lowest BCUT2D eigenvalue weighted by Crippen LogP contribution is -2.11. The van der Waals surface area contributed by atoms with Crippen LogP contribution in [0.5, 0.6) is 5.75 Å². The summed E-state index contributed by atoms with van der Waals surface area (Å²) in [5.41, 5.74) is 0.449. The lowest BCUT2D eigenvalue weighted by Gasteiger charge is -2.09. The molecular weight excluding hydrogens is 308 g/mol. The number of nitrogens with zero attached hydrogens (tertiary/aromatic N) is 2.